The van der Waals surface area contributed by atoms with Gasteiger partial charge in [0.2, 0.25) is 0 Å². The predicted octanol–water partition coefficient (Wildman–Crippen LogP) is 17.1. The van der Waals surface area contributed by atoms with Crippen molar-refractivity contribution in [2.24, 2.45) is 0 Å². The number of rotatable bonds is 10. The molecule has 70 heavy (non-hydrogen) atoms. The van der Waals surface area contributed by atoms with Gasteiger partial charge in [-0.3, -0.25) is 4.57 Å². The summed E-state index contributed by atoms with van der Waals surface area (Å²) < 4.78 is 2.37. The molecule has 0 amide bonds. The molecule has 0 N–H and O–H groups in total. The summed E-state index contributed by atoms with van der Waals surface area (Å²) >= 11 is 0. The van der Waals surface area contributed by atoms with Crippen molar-refractivity contribution in [3.05, 3.63) is 265 Å². The van der Waals surface area contributed by atoms with Gasteiger partial charge in [-0.1, -0.05) is 204 Å². The summed E-state index contributed by atoms with van der Waals surface area (Å²) in [4.78, 5) is 10.0. The molecule has 0 saturated carbocycles. The van der Waals surface area contributed by atoms with Gasteiger partial charge in [-0.25, -0.2) is 4.98 Å². The van der Waals surface area contributed by atoms with Crippen LogP contribution < -0.4 is 9.80 Å². The molecule has 4 heteroatoms. The van der Waals surface area contributed by atoms with Gasteiger partial charge in [0, 0.05) is 39.2 Å². The van der Waals surface area contributed by atoms with Gasteiger partial charge in [0.15, 0.2) is 0 Å². The Balaban J connectivity index is 1.07. The molecule has 0 aliphatic carbocycles. The van der Waals surface area contributed by atoms with Crippen LogP contribution >= 0.6 is 0 Å². The Kier molecular flexibility index (Phi) is 10.6. The van der Waals surface area contributed by atoms with Crippen LogP contribution in [-0.4, -0.2) is 16.2 Å². The minimum absolute atomic E-state index is 0.221. The largest absolute Gasteiger partial charge is 0.321 e. The predicted molar refractivity (Wildman–Crippen MR) is 294 cm³/mol. The Bertz CT molecular complexity index is 3630. The van der Waals surface area contributed by atoms with Gasteiger partial charge in [-0.2, -0.15) is 0 Å². The number of aromatic nitrogens is 2. The smallest absolute Gasteiger partial charge is 0.137 e. The first-order chi connectivity index (χ1) is 34.2. The van der Waals surface area contributed by atoms with Crippen molar-refractivity contribution < 1.29 is 0 Å². The van der Waals surface area contributed by atoms with Crippen molar-refractivity contribution >= 4 is 44.6 Å². The topological polar surface area (TPSA) is 24.3 Å². The molecule has 338 valence electrons. The van der Waals surface area contributed by atoms with Crippen molar-refractivity contribution in [3.8, 4) is 39.2 Å². The average Bonchev–Trinajstić information content (AvgIpc) is 3.98. The van der Waals surface area contributed by atoms with Crippen LogP contribution in [0.4, 0.5) is 22.7 Å². The maximum absolute atomic E-state index is 5.11. The molecule has 1 aliphatic rings. The molecule has 0 unspecified atom stereocenters. The Morgan fingerprint density at radius 2 is 0.914 bits per heavy atom. The van der Waals surface area contributed by atoms with Crippen LogP contribution in [0.1, 0.15) is 49.9 Å². The number of hydrogen-bond donors (Lipinski definition) is 0. The summed E-state index contributed by atoms with van der Waals surface area (Å²) in [7, 11) is 0. The monoisotopic (exact) mass is 902 g/mol. The Morgan fingerprint density at radius 1 is 0.371 bits per heavy atom. The van der Waals surface area contributed by atoms with Crippen molar-refractivity contribution in [1.82, 2.24) is 9.55 Å². The Labute approximate surface area is 411 Å². The number of benzene rings is 9. The molecule has 1 aliphatic heterocycles. The van der Waals surface area contributed by atoms with Gasteiger partial charge in [0.25, 0.3) is 0 Å². The lowest BCUT2D eigenvalue weighted by molar-refractivity contribution is 0.638. The second-order valence-corrected chi connectivity index (χ2v) is 19.7. The van der Waals surface area contributed by atoms with Crippen molar-refractivity contribution in [3.63, 3.8) is 0 Å². The van der Waals surface area contributed by atoms with Crippen LogP contribution in [-0.2, 0) is 10.8 Å². The SMILES string of the molecule is CC(C)(c1ccccc1)c1ccnc(-n2c3ccccc3c3ccc(C(C)(C)c4cc(-c5c(-c6ccccc6)cccc5-c5ccccc5)cc(N5CN(c6ccccc6)c6ccccc65)c4)cc32)c1. The van der Waals surface area contributed by atoms with Gasteiger partial charge in [-0.15, -0.1) is 0 Å². The minimum Gasteiger partial charge on any atom is -0.321 e. The second kappa shape index (κ2) is 17.2. The number of pyridine rings is 1. The van der Waals surface area contributed by atoms with Gasteiger partial charge in [-0.05, 0) is 116 Å². The number of para-hydroxylation sites is 4. The molecule has 0 radical (unpaired) electrons. The first kappa shape index (κ1) is 42.9. The van der Waals surface area contributed by atoms with Crippen molar-refractivity contribution in [1.29, 1.82) is 0 Å². The Morgan fingerprint density at radius 3 is 1.59 bits per heavy atom. The van der Waals surface area contributed by atoms with Crippen molar-refractivity contribution in [2.75, 3.05) is 16.5 Å². The van der Waals surface area contributed by atoms with E-state index in [1.165, 1.54) is 83.5 Å². The molecular weight excluding hydrogens is 849 g/mol. The van der Waals surface area contributed by atoms with E-state index in [0.29, 0.717) is 6.67 Å². The van der Waals surface area contributed by atoms with E-state index in [1.54, 1.807) is 0 Å². The fourth-order valence-corrected chi connectivity index (χ4v) is 10.8. The van der Waals surface area contributed by atoms with Crippen LogP contribution in [0.25, 0.3) is 61.0 Å². The van der Waals surface area contributed by atoms with Crippen molar-refractivity contribution in [2.45, 2.75) is 38.5 Å². The summed E-state index contributed by atoms with van der Waals surface area (Å²) in [6, 6.07) is 86.5. The van der Waals surface area contributed by atoms with E-state index in [2.05, 4.69) is 279 Å². The lowest BCUT2D eigenvalue weighted by atomic mass is 9.76. The highest BCUT2D eigenvalue weighted by atomic mass is 15.4. The van der Waals surface area contributed by atoms with E-state index in [9.17, 15) is 0 Å². The molecule has 0 atom stereocenters. The van der Waals surface area contributed by atoms with Crippen LogP contribution in [0.2, 0.25) is 0 Å². The molecule has 4 nitrogen and oxygen atoms in total. The summed E-state index contributed by atoms with van der Waals surface area (Å²) in [5.74, 6) is 0.911. The highest BCUT2D eigenvalue weighted by molar-refractivity contribution is 6.09. The van der Waals surface area contributed by atoms with Crippen LogP contribution in [0.15, 0.2) is 243 Å². The zero-order valence-electron chi connectivity index (χ0n) is 40.1. The van der Waals surface area contributed by atoms with E-state index in [-0.39, 0.29) is 5.41 Å². The quantitative estimate of drug-likeness (QED) is 0.137. The zero-order chi connectivity index (χ0) is 47.4. The van der Waals surface area contributed by atoms with E-state index in [1.807, 2.05) is 6.20 Å². The first-order valence-corrected chi connectivity index (χ1v) is 24.4. The molecule has 9 aromatic carbocycles. The Hall–Kier alpha value is -8.47. The first-order valence-electron chi connectivity index (χ1n) is 24.4. The summed E-state index contributed by atoms with van der Waals surface area (Å²) in [6.45, 7) is 10.1. The van der Waals surface area contributed by atoms with Crippen LogP contribution in [0, 0.1) is 0 Å². The van der Waals surface area contributed by atoms with E-state index >= 15 is 0 Å². The molecule has 12 rings (SSSR count). The maximum Gasteiger partial charge on any atom is 0.137 e. The van der Waals surface area contributed by atoms with E-state index in [4.69, 9.17) is 4.98 Å². The molecule has 0 fully saturated rings. The number of hydrogen-bond acceptors (Lipinski definition) is 3. The minimum atomic E-state index is -0.447. The van der Waals surface area contributed by atoms with Gasteiger partial charge >= 0.3 is 0 Å². The van der Waals surface area contributed by atoms with Gasteiger partial charge < -0.3 is 9.80 Å². The highest BCUT2D eigenvalue weighted by Crippen LogP contribution is 2.49. The number of anilines is 4. The molecule has 2 aromatic heterocycles. The number of nitrogens with zero attached hydrogens (tertiary/aromatic N) is 4. The van der Waals surface area contributed by atoms with Crippen LogP contribution in [0.3, 0.4) is 0 Å². The molecule has 3 heterocycles. The summed E-state index contributed by atoms with van der Waals surface area (Å²) in [6.07, 6.45) is 1.98. The van der Waals surface area contributed by atoms with Gasteiger partial charge in [0.05, 0.1) is 22.4 Å². The van der Waals surface area contributed by atoms with E-state index < -0.39 is 5.41 Å². The third kappa shape index (κ3) is 7.35. The van der Waals surface area contributed by atoms with Crippen LogP contribution in [0.5, 0.6) is 0 Å². The molecule has 0 bridgehead atoms. The normalized spacial score (nSPS) is 12.7. The van der Waals surface area contributed by atoms with Gasteiger partial charge in [0.1, 0.15) is 12.5 Å². The fourth-order valence-electron chi connectivity index (χ4n) is 10.8. The summed E-state index contributed by atoms with van der Waals surface area (Å²) in [5.41, 5.74) is 18.4. The average molecular weight is 903 g/mol. The molecule has 0 saturated heterocycles. The highest BCUT2D eigenvalue weighted by Gasteiger charge is 2.32. The second-order valence-electron chi connectivity index (χ2n) is 19.7. The third-order valence-electron chi connectivity index (χ3n) is 14.9. The lowest BCUT2D eigenvalue weighted by Gasteiger charge is -2.30. The standard InChI is InChI=1S/C66H54N4/c1-65(2,49-26-13-7-14-27-49)51-38-39-67-63(44-51)70-59-33-18-17-30-57(59)58-37-36-50(43-62(58)70)66(3,4)52-40-48(64-55(46-22-9-5-10-23-46)31-21-32-56(64)47-24-11-6-12-25-47)41-54(42-52)69-45-68(53-28-15-8-16-29-53)60-34-19-20-35-61(60)69/h5-44H,45H2,1-4H3. The molecule has 0 spiro atoms. The van der Waals surface area contributed by atoms with E-state index in [0.717, 1.165) is 22.5 Å². The lowest BCUT2D eigenvalue weighted by Crippen LogP contribution is -2.25. The maximum atomic E-state index is 5.11. The fraction of sp³-hybridized carbons (Fsp3) is 0.106. The zero-order valence-corrected chi connectivity index (χ0v) is 40.1. The third-order valence-corrected chi connectivity index (χ3v) is 14.9. The molecular formula is C66H54N4. The molecule has 11 aromatic rings. The number of fused-ring (bicyclic) bond motifs is 4. The summed E-state index contributed by atoms with van der Waals surface area (Å²) in [5, 5.41) is 2.42.